The highest BCUT2D eigenvalue weighted by Crippen LogP contribution is 2.36. The molecule has 0 radical (unpaired) electrons. The van der Waals surface area contributed by atoms with Crippen LogP contribution >= 0.6 is 11.8 Å². The van der Waals surface area contributed by atoms with Crippen molar-refractivity contribution >= 4 is 29.1 Å². The number of benzene rings is 1. The van der Waals surface area contributed by atoms with Crippen LogP contribution in [-0.4, -0.2) is 24.0 Å². The van der Waals surface area contributed by atoms with Crippen molar-refractivity contribution in [2.24, 2.45) is 5.92 Å². The van der Waals surface area contributed by atoms with Crippen molar-refractivity contribution in [2.75, 3.05) is 17.2 Å². The predicted octanol–water partition coefficient (Wildman–Crippen LogP) is 3.37. The number of carbonyl (C=O) groups excluding carboxylic acids is 2. The van der Waals surface area contributed by atoms with Gasteiger partial charge in [-0.15, -0.1) is 11.8 Å². The number of thioether (sulfide) groups is 1. The summed E-state index contributed by atoms with van der Waals surface area (Å²) < 4.78 is 0. The van der Waals surface area contributed by atoms with Gasteiger partial charge < -0.3 is 4.90 Å². The van der Waals surface area contributed by atoms with Gasteiger partial charge in [0.25, 0.3) is 0 Å². The first-order valence-electron chi connectivity index (χ1n) is 6.63. The monoisotopic (exact) mass is 277 g/mol. The highest BCUT2D eigenvalue weighted by atomic mass is 32.2. The third-order valence-corrected chi connectivity index (χ3v) is 4.14. The van der Waals surface area contributed by atoms with Gasteiger partial charge >= 0.3 is 0 Å². The van der Waals surface area contributed by atoms with Crippen LogP contribution in [0.3, 0.4) is 0 Å². The molecule has 0 saturated heterocycles. The predicted molar refractivity (Wildman–Crippen MR) is 79.0 cm³/mol. The molecule has 2 rings (SSSR count). The molecule has 1 aliphatic rings. The maximum Gasteiger partial charge on any atom is 0.237 e. The fourth-order valence-electron chi connectivity index (χ4n) is 2.15. The number of anilines is 1. The minimum absolute atomic E-state index is 0.121. The molecule has 0 N–H and O–H groups in total. The summed E-state index contributed by atoms with van der Waals surface area (Å²) in [4.78, 5) is 26.8. The molecule has 1 aromatic rings. The van der Waals surface area contributed by atoms with E-state index in [2.05, 4.69) is 13.8 Å². The van der Waals surface area contributed by atoms with E-state index in [-0.39, 0.29) is 11.7 Å². The van der Waals surface area contributed by atoms with Crippen LogP contribution in [-0.2, 0) is 4.79 Å². The SMILES string of the molecule is CCC(=O)c1ccc2c(c1)N(CC(C)C)C(=O)CS2. The Labute approximate surface area is 118 Å². The molecule has 1 aliphatic heterocycles. The summed E-state index contributed by atoms with van der Waals surface area (Å²) >= 11 is 1.55. The average molecular weight is 277 g/mol. The van der Waals surface area contributed by atoms with Gasteiger partial charge in [-0.1, -0.05) is 26.8 Å². The van der Waals surface area contributed by atoms with E-state index in [0.29, 0.717) is 30.2 Å². The third kappa shape index (κ3) is 3.00. The summed E-state index contributed by atoms with van der Waals surface area (Å²) in [5.41, 5.74) is 1.60. The molecule has 0 aromatic heterocycles. The first kappa shape index (κ1) is 14.1. The van der Waals surface area contributed by atoms with E-state index in [9.17, 15) is 9.59 Å². The largest absolute Gasteiger partial charge is 0.310 e. The molecule has 19 heavy (non-hydrogen) atoms. The van der Waals surface area contributed by atoms with Crippen LogP contribution in [0, 0.1) is 5.92 Å². The number of hydrogen-bond donors (Lipinski definition) is 0. The van der Waals surface area contributed by atoms with E-state index in [1.165, 1.54) is 0 Å². The second kappa shape index (κ2) is 5.78. The van der Waals surface area contributed by atoms with Crippen LogP contribution in [0.4, 0.5) is 5.69 Å². The second-order valence-corrected chi connectivity index (χ2v) is 6.16. The van der Waals surface area contributed by atoms with Gasteiger partial charge in [0.15, 0.2) is 5.78 Å². The number of ketones is 1. The fourth-order valence-corrected chi connectivity index (χ4v) is 3.06. The van der Waals surface area contributed by atoms with Gasteiger partial charge in [0.1, 0.15) is 0 Å². The van der Waals surface area contributed by atoms with E-state index in [1.54, 1.807) is 11.8 Å². The number of Topliss-reactive ketones (excluding diaryl/α,β-unsaturated/α-hetero) is 1. The van der Waals surface area contributed by atoms with Crippen molar-refractivity contribution in [1.82, 2.24) is 0 Å². The third-order valence-electron chi connectivity index (χ3n) is 3.09. The zero-order valence-electron chi connectivity index (χ0n) is 11.6. The quantitative estimate of drug-likeness (QED) is 0.792. The number of amides is 1. The summed E-state index contributed by atoms with van der Waals surface area (Å²) in [6, 6.07) is 5.69. The summed E-state index contributed by atoms with van der Waals surface area (Å²) in [5, 5.41) is 0. The van der Waals surface area contributed by atoms with Crippen molar-refractivity contribution < 1.29 is 9.59 Å². The van der Waals surface area contributed by atoms with Gasteiger partial charge in [0, 0.05) is 23.4 Å². The first-order valence-corrected chi connectivity index (χ1v) is 7.62. The molecule has 0 unspecified atom stereocenters. The number of rotatable bonds is 4. The van der Waals surface area contributed by atoms with E-state index in [0.717, 1.165) is 10.6 Å². The van der Waals surface area contributed by atoms with Crippen molar-refractivity contribution in [1.29, 1.82) is 0 Å². The molecule has 0 bridgehead atoms. The Morgan fingerprint density at radius 1 is 1.42 bits per heavy atom. The number of carbonyl (C=O) groups is 2. The molecular formula is C15H19NO2S. The maximum absolute atomic E-state index is 12.1. The molecule has 0 aliphatic carbocycles. The maximum atomic E-state index is 12.1. The zero-order chi connectivity index (χ0) is 14.0. The molecule has 0 fully saturated rings. The molecular weight excluding hydrogens is 258 g/mol. The molecule has 4 heteroatoms. The molecule has 1 aromatic carbocycles. The topological polar surface area (TPSA) is 37.4 Å². The lowest BCUT2D eigenvalue weighted by Gasteiger charge is -2.30. The van der Waals surface area contributed by atoms with Gasteiger partial charge in [-0.2, -0.15) is 0 Å². The van der Waals surface area contributed by atoms with Crippen LogP contribution in [0.2, 0.25) is 0 Å². The van der Waals surface area contributed by atoms with Crippen molar-refractivity contribution in [2.45, 2.75) is 32.1 Å². The van der Waals surface area contributed by atoms with Crippen molar-refractivity contribution in [3.8, 4) is 0 Å². The first-order chi connectivity index (χ1) is 9.02. The van der Waals surface area contributed by atoms with Crippen molar-refractivity contribution in [3.63, 3.8) is 0 Å². The molecule has 0 spiro atoms. The molecule has 0 saturated carbocycles. The number of fused-ring (bicyclic) bond motifs is 1. The highest BCUT2D eigenvalue weighted by molar-refractivity contribution is 8.00. The Balaban J connectivity index is 2.40. The minimum atomic E-state index is 0.121. The summed E-state index contributed by atoms with van der Waals surface area (Å²) in [7, 11) is 0. The molecule has 0 atom stereocenters. The Hall–Kier alpha value is -1.29. The van der Waals surface area contributed by atoms with E-state index in [4.69, 9.17) is 0 Å². The molecule has 1 heterocycles. The second-order valence-electron chi connectivity index (χ2n) is 5.15. The van der Waals surface area contributed by atoms with E-state index >= 15 is 0 Å². The van der Waals surface area contributed by atoms with Crippen LogP contribution < -0.4 is 4.90 Å². The molecule has 3 nitrogen and oxygen atoms in total. The summed E-state index contributed by atoms with van der Waals surface area (Å²) in [5.74, 6) is 1.15. The standard InChI is InChI=1S/C15H19NO2S/c1-4-13(17)11-5-6-14-12(7-11)16(8-10(2)3)15(18)9-19-14/h5-7,10H,4,8-9H2,1-3H3. The van der Waals surface area contributed by atoms with E-state index < -0.39 is 0 Å². The average Bonchev–Trinajstić information content (AvgIpc) is 2.40. The molecule has 1 amide bonds. The normalized spacial score (nSPS) is 14.7. The number of nitrogens with zero attached hydrogens (tertiary/aromatic N) is 1. The van der Waals surface area contributed by atoms with Crippen LogP contribution in [0.15, 0.2) is 23.1 Å². The van der Waals surface area contributed by atoms with Crippen LogP contribution in [0.5, 0.6) is 0 Å². The lowest BCUT2D eigenvalue weighted by Crippen LogP contribution is -2.38. The Bertz CT molecular complexity index is 511. The molecule has 102 valence electrons. The number of hydrogen-bond acceptors (Lipinski definition) is 3. The lowest BCUT2D eigenvalue weighted by atomic mass is 10.1. The Morgan fingerprint density at radius 3 is 2.79 bits per heavy atom. The van der Waals surface area contributed by atoms with E-state index in [1.807, 2.05) is 30.0 Å². The van der Waals surface area contributed by atoms with Gasteiger partial charge in [0.2, 0.25) is 5.91 Å². The summed E-state index contributed by atoms with van der Waals surface area (Å²) in [6.45, 7) is 6.75. The minimum Gasteiger partial charge on any atom is -0.310 e. The lowest BCUT2D eigenvalue weighted by molar-refractivity contribution is -0.116. The Kier molecular flexibility index (Phi) is 4.30. The van der Waals surface area contributed by atoms with Crippen molar-refractivity contribution in [3.05, 3.63) is 23.8 Å². The van der Waals surface area contributed by atoms with Gasteiger partial charge in [0.05, 0.1) is 11.4 Å². The zero-order valence-corrected chi connectivity index (χ0v) is 12.4. The fraction of sp³-hybridized carbons (Fsp3) is 0.467. The smallest absolute Gasteiger partial charge is 0.237 e. The van der Waals surface area contributed by atoms with Gasteiger partial charge in [-0.25, -0.2) is 0 Å². The Morgan fingerprint density at radius 2 is 2.16 bits per heavy atom. The van der Waals surface area contributed by atoms with Crippen LogP contribution in [0.25, 0.3) is 0 Å². The van der Waals surface area contributed by atoms with Gasteiger partial charge in [-0.3, -0.25) is 9.59 Å². The van der Waals surface area contributed by atoms with Crippen LogP contribution in [0.1, 0.15) is 37.6 Å². The van der Waals surface area contributed by atoms with Gasteiger partial charge in [-0.05, 0) is 18.1 Å². The highest BCUT2D eigenvalue weighted by Gasteiger charge is 2.25. The summed E-state index contributed by atoms with van der Waals surface area (Å²) in [6.07, 6.45) is 0.490.